The number of aliphatic hydroxyl groups is 17. The number of aliphatic hydroxyl groups excluding tert-OH is 17. The summed E-state index contributed by atoms with van der Waals surface area (Å²) in [5, 5.41) is 187. The summed E-state index contributed by atoms with van der Waals surface area (Å²) in [5.41, 5.74) is 0. The van der Waals surface area contributed by atoms with Gasteiger partial charge in [0, 0.05) is 13.8 Å². The first-order chi connectivity index (χ1) is 34.0. The van der Waals surface area contributed by atoms with Gasteiger partial charge in [-0.3, -0.25) is 9.59 Å². The number of carbonyl (C=O) groups is 2. The van der Waals surface area contributed by atoms with E-state index in [1.54, 1.807) is 0 Å². The van der Waals surface area contributed by atoms with Crippen LogP contribution in [0.2, 0.25) is 0 Å². The van der Waals surface area contributed by atoms with Gasteiger partial charge in [0.05, 0.1) is 39.1 Å². The van der Waals surface area contributed by atoms with Gasteiger partial charge in [0.1, 0.15) is 140 Å². The van der Waals surface area contributed by atoms with Gasteiger partial charge in [-0.05, 0) is 6.92 Å². The number of rotatable bonds is 17. The van der Waals surface area contributed by atoms with Crippen LogP contribution in [-0.4, -0.2) is 316 Å². The average Bonchev–Trinajstić information content (AvgIpc) is 3.34. The Labute approximate surface area is 408 Å². The summed E-state index contributed by atoms with van der Waals surface area (Å²) < 4.78 is 63.2. The Morgan fingerprint density at radius 3 is 1.26 bits per heavy atom. The third kappa shape index (κ3) is 12.5. The molecule has 0 aromatic carbocycles. The van der Waals surface area contributed by atoms with Gasteiger partial charge in [-0.1, -0.05) is 0 Å². The van der Waals surface area contributed by atoms with Crippen LogP contribution in [0, 0.1) is 0 Å². The van der Waals surface area contributed by atoms with E-state index in [-0.39, 0.29) is 0 Å². The largest absolute Gasteiger partial charge is 0.394 e. The maximum atomic E-state index is 12.8. The Morgan fingerprint density at radius 2 is 0.736 bits per heavy atom. The zero-order chi connectivity index (χ0) is 53.2. The van der Waals surface area contributed by atoms with Gasteiger partial charge in [0.25, 0.3) is 0 Å². The monoisotopic (exact) mass is 1060 g/mol. The number of ether oxygens (including phenoxy) is 11. The molecule has 32 heteroatoms. The van der Waals surface area contributed by atoms with E-state index in [2.05, 4.69) is 10.6 Å². The van der Waals surface area contributed by atoms with Crippen LogP contribution in [0.4, 0.5) is 0 Å². The fraction of sp³-hybridized carbons (Fsp3) is 0.950. The Kier molecular flexibility index (Phi) is 20.8. The third-order valence-electron chi connectivity index (χ3n) is 13.2. The molecule has 0 aromatic rings. The van der Waals surface area contributed by atoms with Gasteiger partial charge >= 0.3 is 0 Å². The van der Waals surface area contributed by atoms with E-state index in [1.807, 2.05) is 0 Å². The van der Waals surface area contributed by atoms with E-state index in [9.17, 15) is 96.4 Å². The van der Waals surface area contributed by atoms with Crippen LogP contribution in [0.5, 0.6) is 0 Å². The van der Waals surface area contributed by atoms with Crippen LogP contribution in [0.15, 0.2) is 0 Å². The zero-order valence-electron chi connectivity index (χ0n) is 38.8. The van der Waals surface area contributed by atoms with E-state index in [4.69, 9.17) is 52.1 Å². The lowest BCUT2D eigenvalue weighted by Crippen LogP contribution is -2.70. The van der Waals surface area contributed by atoms with E-state index >= 15 is 0 Å². The summed E-state index contributed by atoms with van der Waals surface area (Å²) >= 11 is 0. The number of hydrogen-bond acceptors (Lipinski definition) is 30. The van der Waals surface area contributed by atoms with Crippen molar-refractivity contribution in [3.8, 4) is 0 Å². The Balaban J connectivity index is 1.28. The normalized spacial score (nSPS) is 50.3. The molecular formula is C40H68N2O30. The Hall–Kier alpha value is -2.18. The van der Waals surface area contributed by atoms with Crippen LogP contribution >= 0.6 is 0 Å². The minimum absolute atomic E-state index is 0.730. The molecule has 0 aromatic heterocycles. The minimum atomic E-state index is -2.16. The molecule has 418 valence electrons. The van der Waals surface area contributed by atoms with Gasteiger partial charge < -0.3 is 150 Å². The van der Waals surface area contributed by atoms with Crippen molar-refractivity contribution in [3.05, 3.63) is 0 Å². The smallest absolute Gasteiger partial charge is 0.217 e. The van der Waals surface area contributed by atoms with Crippen molar-refractivity contribution in [3.63, 3.8) is 0 Å². The SMILES string of the molecule is CC(=O)N[C@H]1[C@@H](O[C@H]2[C@H](O)[C@@H](O[C@H]3[C@H](O[C@H]4[C@H](O)[C@@H](CO)O[C@@H](O[C@H]5[C@@H](O)[C@@H](CO)O[C@@H](O[C@H]6[C@H](O)[C@@H](O)[C@H](O)O[C@@H]6CO)[C@@H]5O)[C@@H]4NC(C)=O)O[C@H](CO)[C@H](O)[C@@H]3O)O[C@@H](C)[C@H]2O)O[C@H](CO)[C@H](O)[C@@H]1O. The molecule has 6 rings (SSSR count). The van der Waals surface area contributed by atoms with Crippen molar-refractivity contribution in [1.82, 2.24) is 10.6 Å². The molecular weight excluding hydrogens is 988 g/mol. The standard InChI is InChI=1S/C40H68N2O30/c1-9-19(50)32(70-36-17(41-10(2)48)24(55)20(51)12(4-43)64-36)28(59)38(62-9)72-34-25(56)21(52)13(5-44)67-40(34)69-31-18(42-11(3)49)37(65-14(6-45)22(31)53)71-33-23(54)15(7-46)66-39(29(33)60)68-30-16(8-47)63-35(61)27(58)26(30)57/h9,12-40,43-47,50-61H,4-8H2,1-3H3,(H,41,48)(H,42,49)/t9-,12+,13+,14+,15+,16+,17+,18+,19+,20-,21-,22+,23-,24+,25-,26+,27+,28-,29+,30+,31+,32+,33-,34+,35+,36+,37-,38+,39-,40-/m0/s1. The predicted molar refractivity (Wildman–Crippen MR) is 221 cm³/mol. The summed E-state index contributed by atoms with van der Waals surface area (Å²) in [6.45, 7) is -1.43. The highest BCUT2D eigenvalue weighted by atomic mass is 16.8. The lowest BCUT2D eigenvalue weighted by atomic mass is 9.94. The fourth-order valence-electron chi connectivity index (χ4n) is 9.24. The van der Waals surface area contributed by atoms with E-state index in [0.29, 0.717) is 0 Å². The molecule has 0 aliphatic carbocycles. The van der Waals surface area contributed by atoms with Crippen LogP contribution in [-0.2, 0) is 61.7 Å². The molecule has 2 amide bonds. The highest BCUT2D eigenvalue weighted by Crippen LogP contribution is 2.37. The summed E-state index contributed by atoms with van der Waals surface area (Å²) in [4.78, 5) is 24.9. The second kappa shape index (κ2) is 25.3. The highest BCUT2D eigenvalue weighted by Gasteiger charge is 2.58. The highest BCUT2D eigenvalue weighted by molar-refractivity contribution is 5.73. The summed E-state index contributed by atoms with van der Waals surface area (Å²) in [6.07, 6.45) is -52.6. The molecule has 0 radical (unpaired) electrons. The van der Waals surface area contributed by atoms with Crippen LogP contribution < -0.4 is 10.6 Å². The van der Waals surface area contributed by atoms with Gasteiger partial charge in [-0.15, -0.1) is 0 Å². The molecule has 0 saturated carbocycles. The summed E-state index contributed by atoms with van der Waals surface area (Å²) in [6, 6.07) is -3.36. The van der Waals surface area contributed by atoms with E-state index in [1.165, 1.54) is 6.92 Å². The summed E-state index contributed by atoms with van der Waals surface area (Å²) in [7, 11) is 0. The molecule has 32 nitrogen and oxygen atoms in total. The molecule has 0 spiro atoms. The number of nitrogens with one attached hydrogen (secondary N) is 2. The molecule has 0 bridgehead atoms. The molecule has 6 aliphatic rings. The predicted octanol–water partition coefficient (Wildman–Crippen LogP) is -12.8. The number of carbonyl (C=O) groups excluding carboxylic acids is 2. The molecule has 6 heterocycles. The first-order valence-corrected chi connectivity index (χ1v) is 23.0. The third-order valence-corrected chi connectivity index (χ3v) is 13.2. The molecule has 6 fully saturated rings. The summed E-state index contributed by atoms with van der Waals surface area (Å²) in [5.74, 6) is -1.61. The van der Waals surface area contributed by atoms with E-state index < -0.39 is 229 Å². The lowest BCUT2D eigenvalue weighted by molar-refractivity contribution is -0.394. The quantitative estimate of drug-likeness (QED) is 0.0643. The van der Waals surface area contributed by atoms with Crippen molar-refractivity contribution in [2.75, 3.05) is 33.0 Å². The minimum Gasteiger partial charge on any atom is -0.394 e. The first kappa shape index (κ1) is 59.1. The molecule has 6 aliphatic heterocycles. The van der Waals surface area contributed by atoms with Crippen LogP contribution in [0.25, 0.3) is 0 Å². The van der Waals surface area contributed by atoms with Crippen molar-refractivity contribution < 1.29 is 149 Å². The van der Waals surface area contributed by atoms with Crippen molar-refractivity contribution in [1.29, 1.82) is 0 Å². The van der Waals surface area contributed by atoms with Crippen molar-refractivity contribution in [2.24, 2.45) is 0 Å². The fourth-order valence-corrected chi connectivity index (χ4v) is 9.24. The molecule has 72 heavy (non-hydrogen) atoms. The second-order valence-electron chi connectivity index (χ2n) is 18.2. The van der Waals surface area contributed by atoms with Crippen LogP contribution in [0.3, 0.4) is 0 Å². The Bertz CT molecular complexity index is 1730. The lowest BCUT2D eigenvalue weighted by Gasteiger charge is -2.51. The molecule has 0 unspecified atom stereocenters. The van der Waals surface area contributed by atoms with Crippen molar-refractivity contribution >= 4 is 11.8 Å². The van der Waals surface area contributed by atoms with Gasteiger partial charge in [0.15, 0.2) is 37.7 Å². The average molecular weight is 1060 g/mol. The second-order valence-corrected chi connectivity index (χ2v) is 18.2. The topological polar surface area (TPSA) is 504 Å². The van der Waals surface area contributed by atoms with Gasteiger partial charge in [-0.2, -0.15) is 0 Å². The molecule has 19 N–H and O–H groups in total. The number of hydrogen-bond donors (Lipinski definition) is 19. The van der Waals surface area contributed by atoms with Gasteiger partial charge in [0.2, 0.25) is 11.8 Å². The van der Waals surface area contributed by atoms with Gasteiger partial charge in [-0.25, -0.2) is 0 Å². The van der Waals surface area contributed by atoms with Crippen molar-refractivity contribution in [2.45, 2.75) is 205 Å². The molecule has 6 saturated heterocycles. The number of amides is 2. The molecule has 30 atom stereocenters. The maximum absolute atomic E-state index is 12.8. The van der Waals surface area contributed by atoms with Crippen LogP contribution in [0.1, 0.15) is 20.8 Å². The van der Waals surface area contributed by atoms with E-state index in [0.717, 1.165) is 13.8 Å². The maximum Gasteiger partial charge on any atom is 0.217 e. The Morgan fingerprint density at radius 1 is 0.361 bits per heavy atom. The first-order valence-electron chi connectivity index (χ1n) is 23.0. The zero-order valence-corrected chi connectivity index (χ0v) is 38.8.